The van der Waals surface area contributed by atoms with E-state index in [0.29, 0.717) is 13.2 Å². The first-order chi connectivity index (χ1) is 13.4. The van der Waals surface area contributed by atoms with Gasteiger partial charge in [0, 0.05) is 32.2 Å². The van der Waals surface area contributed by atoms with Crippen LogP contribution in [-0.4, -0.2) is 75.5 Å². The lowest BCUT2D eigenvalue weighted by Crippen LogP contribution is -2.45. The van der Waals surface area contributed by atoms with Gasteiger partial charge in [0.05, 0.1) is 23.7 Å². The normalized spacial score (nSPS) is 20.2. The van der Waals surface area contributed by atoms with Crippen LogP contribution >= 0.6 is 0 Å². The SMILES string of the molecule is CCCN1CCC(NC(=O)c2cc(S(=O)(=O)N3CCOCC3)ccc2F)CC1. The van der Waals surface area contributed by atoms with Crippen molar-refractivity contribution in [3.63, 3.8) is 0 Å². The van der Waals surface area contributed by atoms with Crippen molar-refractivity contribution >= 4 is 15.9 Å². The highest BCUT2D eigenvalue weighted by atomic mass is 32.2. The predicted octanol–water partition coefficient (Wildman–Crippen LogP) is 1.45. The summed E-state index contributed by atoms with van der Waals surface area (Å²) in [5.41, 5.74) is -0.231. The molecule has 0 bridgehead atoms. The van der Waals surface area contributed by atoms with Crippen molar-refractivity contribution < 1.29 is 22.3 Å². The van der Waals surface area contributed by atoms with E-state index in [0.717, 1.165) is 51.0 Å². The van der Waals surface area contributed by atoms with Crippen molar-refractivity contribution in [2.24, 2.45) is 0 Å². The second-order valence-electron chi connectivity index (χ2n) is 7.25. The van der Waals surface area contributed by atoms with E-state index in [1.807, 2.05) is 0 Å². The number of sulfonamides is 1. The van der Waals surface area contributed by atoms with Gasteiger partial charge in [0.15, 0.2) is 0 Å². The van der Waals surface area contributed by atoms with Gasteiger partial charge in [-0.2, -0.15) is 4.31 Å². The van der Waals surface area contributed by atoms with Crippen molar-refractivity contribution in [2.75, 3.05) is 45.9 Å². The molecule has 156 valence electrons. The van der Waals surface area contributed by atoms with Crippen molar-refractivity contribution in [1.29, 1.82) is 0 Å². The van der Waals surface area contributed by atoms with Crippen LogP contribution in [0.1, 0.15) is 36.5 Å². The van der Waals surface area contributed by atoms with Crippen LogP contribution in [0.25, 0.3) is 0 Å². The van der Waals surface area contributed by atoms with E-state index in [2.05, 4.69) is 17.1 Å². The highest BCUT2D eigenvalue weighted by Crippen LogP contribution is 2.21. The van der Waals surface area contributed by atoms with E-state index in [1.54, 1.807) is 0 Å². The number of benzene rings is 1. The summed E-state index contributed by atoms with van der Waals surface area (Å²) in [5.74, 6) is -1.28. The number of hydrogen-bond donors (Lipinski definition) is 1. The minimum atomic E-state index is -3.78. The molecule has 2 aliphatic rings. The number of nitrogens with one attached hydrogen (secondary N) is 1. The molecule has 28 heavy (non-hydrogen) atoms. The van der Waals surface area contributed by atoms with E-state index in [9.17, 15) is 17.6 Å². The Morgan fingerprint density at radius 2 is 1.89 bits per heavy atom. The maximum absolute atomic E-state index is 14.3. The minimum absolute atomic E-state index is 0.0282. The Balaban J connectivity index is 1.70. The predicted molar refractivity (Wildman–Crippen MR) is 103 cm³/mol. The van der Waals surface area contributed by atoms with E-state index < -0.39 is 21.7 Å². The van der Waals surface area contributed by atoms with Gasteiger partial charge < -0.3 is 15.0 Å². The topological polar surface area (TPSA) is 79.0 Å². The van der Waals surface area contributed by atoms with Gasteiger partial charge in [-0.1, -0.05) is 6.92 Å². The van der Waals surface area contributed by atoms with Crippen LogP contribution in [0.15, 0.2) is 23.1 Å². The van der Waals surface area contributed by atoms with Gasteiger partial charge in [0.25, 0.3) is 5.91 Å². The number of morpholine rings is 1. The summed E-state index contributed by atoms with van der Waals surface area (Å²) in [6, 6.07) is 3.37. The van der Waals surface area contributed by atoms with Crippen LogP contribution in [0.4, 0.5) is 4.39 Å². The van der Waals surface area contributed by atoms with Crippen LogP contribution in [0.3, 0.4) is 0 Å². The lowest BCUT2D eigenvalue weighted by molar-refractivity contribution is 0.0730. The third kappa shape index (κ3) is 4.89. The minimum Gasteiger partial charge on any atom is -0.379 e. The Hall–Kier alpha value is -1.55. The zero-order valence-electron chi connectivity index (χ0n) is 16.2. The summed E-state index contributed by atoms with van der Waals surface area (Å²) in [6.07, 6.45) is 2.70. The summed E-state index contributed by atoms with van der Waals surface area (Å²) in [4.78, 5) is 14.9. The largest absolute Gasteiger partial charge is 0.379 e. The molecule has 1 amide bonds. The summed E-state index contributed by atoms with van der Waals surface area (Å²) < 4.78 is 46.3. The molecule has 0 aromatic heterocycles. The molecule has 2 saturated heterocycles. The standard InChI is InChI=1S/C19H28FN3O4S/c1-2-7-22-8-5-15(6-9-22)21-19(24)17-14-16(3-4-18(17)20)28(25,26)23-10-12-27-13-11-23/h3-4,14-15H,2,5-13H2,1H3,(H,21,24). The van der Waals surface area contributed by atoms with E-state index >= 15 is 0 Å². The first kappa shape index (κ1) is 21.2. The number of nitrogens with zero attached hydrogens (tertiary/aromatic N) is 2. The van der Waals surface area contributed by atoms with Crippen LogP contribution in [0.5, 0.6) is 0 Å². The molecular weight excluding hydrogens is 385 g/mol. The quantitative estimate of drug-likeness (QED) is 0.764. The van der Waals surface area contributed by atoms with Crippen LogP contribution < -0.4 is 5.32 Å². The number of carbonyl (C=O) groups is 1. The highest BCUT2D eigenvalue weighted by molar-refractivity contribution is 7.89. The number of halogens is 1. The Kier molecular flexibility index (Phi) is 7.03. The number of amides is 1. The maximum atomic E-state index is 14.3. The molecule has 0 aliphatic carbocycles. The summed E-state index contributed by atoms with van der Waals surface area (Å²) >= 11 is 0. The molecule has 0 atom stereocenters. The second-order valence-corrected chi connectivity index (χ2v) is 9.19. The Morgan fingerprint density at radius 1 is 1.21 bits per heavy atom. The van der Waals surface area contributed by atoms with Crippen LogP contribution in [0.2, 0.25) is 0 Å². The van der Waals surface area contributed by atoms with E-state index in [4.69, 9.17) is 4.74 Å². The average molecular weight is 414 g/mol. The zero-order chi connectivity index (χ0) is 20.1. The highest BCUT2D eigenvalue weighted by Gasteiger charge is 2.28. The third-order valence-electron chi connectivity index (χ3n) is 5.25. The molecule has 1 aromatic rings. The number of rotatable bonds is 6. The first-order valence-corrected chi connectivity index (χ1v) is 11.3. The average Bonchev–Trinajstić information content (AvgIpc) is 2.70. The number of carbonyl (C=O) groups excluding carboxylic acids is 1. The van der Waals surface area contributed by atoms with Crippen LogP contribution in [-0.2, 0) is 14.8 Å². The fraction of sp³-hybridized carbons (Fsp3) is 0.632. The van der Waals surface area contributed by atoms with Crippen molar-refractivity contribution in [2.45, 2.75) is 37.1 Å². The summed E-state index contributed by atoms with van der Waals surface area (Å²) in [7, 11) is -3.78. The second kappa shape index (κ2) is 9.30. The van der Waals surface area contributed by atoms with E-state index in [1.165, 1.54) is 10.4 Å². The maximum Gasteiger partial charge on any atom is 0.254 e. The van der Waals surface area contributed by atoms with Gasteiger partial charge in [-0.25, -0.2) is 12.8 Å². The van der Waals surface area contributed by atoms with Gasteiger partial charge in [-0.15, -0.1) is 0 Å². The first-order valence-electron chi connectivity index (χ1n) is 9.82. The van der Waals surface area contributed by atoms with Crippen LogP contribution in [0, 0.1) is 5.82 Å². The molecule has 0 saturated carbocycles. The van der Waals surface area contributed by atoms with E-state index in [-0.39, 0.29) is 29.6 Å². The molecule has 2 fully saturated rings. The number of piperidine rings is 1. The van der Waals surface area contributed by atoms with Gasteiger partial charge in [-0.05, 0) is 44.0 Å². The van der Waals surface area contributed by atoms with Gasteiger partial charge in [0.2, 0.25) is 10.0 Å². The van der Waals surface area contributed by atoms with Crippen molar-refractivity contribution in [3.05, 3.63) is 29.6 Å². The number of ether oxygens (including phenoxy) is 1. The Labute approximate surface area is 165 Å². The summed E-state index contributed by atoms with van der Waals surface area (Å²) in [6.45, 7) is 6.11. The molecule has 7 nitrogen and oxygen atoms in total. The number of hydrogen-bond acceptors (Lipinski definition) is 5. The summed E-state index contributed by atoms with van der Waals surface area (Å²) in [5, 5.41) is 2.86. The molecule has 0 unspecified atom stereocenters. The molecule has 3 rings (SSSR count). The third-order valence-corrected chi connectivity index (χ3v) is 7.15. The fourth-order valence-electron chi connectivity index (χ4n) is 3.66. The molecule has 1 N–H and O–H groups in total. The lowest BCUT2D eigenvalue weighted by atomic mass is 10.0. The van der Waals surface area contributed by atoms with Gasteiger partial charge in [0.1, 0.15) is 5.82 Å². The van der Waals surface area contributed by atoms with Crippen molar-refractivity contribution in [1.82, 2.24) is 14.5 Å². The molecule has 0 radical (unpaired) electrons. The molecule has 2 aliphatic heterocycles. The molecule has 2 heterocycles. The number of likely N-dealkylation sites (tertiary alicyclic amines) is 1. The fourth-order valence-corrected chi connectivity index (χ4v) is 5.09. The van der Waals surface area contributed by atoms with Crippen molar-refractivity contribution in [3.8, 4) is 0 Å². The lowest BCUT2D eigenvalue weighted by Gasteiger charge is -2.32. The molecule has 9 heteroatoms. The zero-order valence-corrected chi connectivity index (χ0v) is 17.0. The Morgan fingerprint density at radius 3 is 2.54 bits per heavy atom. The van der Waals surface area contributed by atoms with Gasteiger partial charge >= 0.3 is 0 Å². The molecule has 1 aromatic carbocycles. The molecule has 0 spiro atoms. The van der Waals surface area contributed by atoms with Gasteiger partial charge in [-0.3, -0.25) is 4.79 Å². The molecular formula is C19H28FN3O4S. The Bertz CT molecular complexity index is 788. The monoisotopic (exact) mass is 413 g/mol. The smallest absolute Gasteiger partial charge is 0.254 e.